The summed E-state index contributed by atoms with van der Waals surface area (Å²) < 4.78 is 20.9. The van der Waals surface area contributed by atoms with E-state index in [4.69, 9.17) is 33.2 Å². The van der Waals surface area contributed by atoms with Crippen LogP contribution in [0.4, 0.5) is 4.39 Å². The zero-order valence-electron chi connectivity index (χ0n) is 16.8. The normalized spacial score (nSPS) is 12.0. The second kappa shape index (κ2) is 9.38. The molecule has 1 atom stereocenters. The SMILES string of the molecule is CC(C)(C#N)NC(=O)c1ccc(OC(c2ccc(Cl)cc2)c2ccccc2Cl)c(F)c1. The van der Waals surface area contributed by atoms with Gasteiger partial charge in [-0.25, -0.2) is 4.39 Å². The molecule has 4 nitrogen and oxygen atoms in total. The zero-order chi connectivity index (χ0) is 22.6. The largest absolute Gasteiger partial charge is 0.478 e. The molecule has 1 unspecified atom stereocenters. The number of carbonyl (C=O) groups excluding carboxylic acids is 1. The van der Waals surface area contributed by atoms with Crippen LogP contribution in [0, 0.1) is 17.1 Å². The van der Waals surface area contributed by atoms with Crippen LogP contribution in [0.3, 0.4) is 0 Å². The molecule has 0 heterocycles. The summed E-state index contributed by atoms with van der Waals surface area (Å²) in [4.78, 5) is 12.3. The summed E-state index contributed by atoms with van der Waals surface area (Å²) in [5.41, 5.74) is 0.388. The number of halogens is 3. The van der Waals surface area contributed by atoms with Crippen molar-refractivity contribution in [2.75, 3.05) is 0 Å². The molecule has 7 heteroatoms. The fourth-order valence-electron chi connectivity index (χ4n) is 2.88. The maximum Gasteiger partial charge on any atom is 0.252 e. The van der Waals surface area contributed by atoms with Gasteiger partial charge < -0.3 is 10.1 Å². The third kappa shape index (κ3) is 5.55. The summed E-state index contributed by atoms with van der Waals surface area (Å²) >= 11 is 12.4. The third-order valence-corrected chi connectivity index (χ3v) is 5.10. The van der Waals surface area contributed by atoms with E-state index in [1.165, 1.54) is 12.1 Å². The number of hydrogen-bond acceptors (Lipinski definition) is 3. The first-order valence-corrected chi connectivity index (χ1v) is 10.2. The molecule has 3 rings (SSSR count). The Morgan fingerprint density at radius 2 is 1.77 bits per heavy atom. The molecule has 1 amide bonds. The van der Waals surface area contributed by atoms with Gasteiger partial charge in [-0.05, 0) is 55.8 Å². The van der Waals surface area contributed by atoms with Gasteiger partial charge in [-0.1, -0.05) is 53.5 Å². The summed E-state index contributed by atoms with van der Waals surface area (Å²) in [6.45, 7) is 3.11. The topological polar surface area (TPSA) is 62.1 Å². The lowest BCUT2D eigenvalue weighted by Crippen LogP contribution is -2.42. The van der Waals surface area contributed by atoms with Crippen LogP contribution >= 0.6 is 23.2 Å². The second-order valence-electron chi connectivity index (χ2n) is 7.41. The number of carbonyl (C=O) groups is 1. The number of benzene rings is 3. The van der Waals surface area contributed by atoms with E-state index in [1.807, 2.05) is 12.1 Å². The van der Waals surface area contributed by atoms with Gasteiger partial charge in [0.25, 0.3) is 5.91 Å². The summed E-state index contributed by atoms with van der Waals surface area (Å²) in [6, 6.07) is 20.0. The van der Waals surface area contributed by atoms with Crippen LogP contribution in [0.15, 0.2) is 66.7 Å². The molecule has 0 fully saturated rings. The van der Waals surface area contributed by atoms with Crippen LogP contribution in [0.2, 0.25) is 10.0 Å². The highest BCUT2D eigenvalue weighted by Gasteiger charge is 2.23. The summed E-state index contributed by atoms with van der Waals surface area (Å²) in [5.74, 6) is -1.32. The Labute approximate surface area is 190 Å². The third-order valence-electron chi connectivity index (χ3n) is 4.50. The molecule has 0 bridgehead atoms. The van der Waals surface area contributed by atoms with E-state index in [9.17, 15) is 9.18 Å². The molecule has 0 aliphatic rings. The van der Waals surface area contributed by atoms with Crippen LogP contribution in [0.1, 0.15) is 41.4 Å². The Hall–Kier alpha value is -3.07. The molecule has 0 saturated heterocycles. The van der Waals surface area contributed by atoms with Crippen molar-refractivity contribution in [2.45, 2.75) is 25.5 Å². The average molecular weight is 457 g/mol. The van der Waals surface area contributed by atoms with Gasteiger partial charge >= 0.3 is 0 Å². The fraction of sp³-hybridized carbons (Fsp3) is 0.167. The van der Waals surface area contributed by atoms with Crippen LogP contribution in [0.25, 0.3) is 0 Å². The van der Waals surface area contributed by atoms with Crippen molar-refractivity contribution in [3.05, 3.63) is 99.3 Å². The first-order chi connectivity index (χ1) is 14.7. The molecule has 0 radical (unpaired) electrons. The Kier molecular flexibility index (Phi) is 6.84. The molecule has 1 N–H and O–H groups in total. The van der Waals surface area contributed by atoms with Gasteiger partial charge in [0.05, 0.1) is 6.07 Å². The minimum absolute atomic E-state index is 0.0454. The van der Waals surface area contributed by atoms with Gasteiger partial charge in [0.15, 0.2) is 17.7 Å². The first-order valence-electron chi connectivity index (χ1n) is 9.40. The number of nitrogens with zero attached hydrogens (tertiary/aromatic N) is 1. The number of hydrogen-bond donors (Lipinski definition) is 1. The predicted molar refractivity (Wildman–Crippen MR) is 119 cm³/mol. The Morgan fingerprint density at radius 1 is 1.10 bits per heavy atom. The maximum absolute atomic E-state index is 14.9. The average Bonchev–Trinajstić information content (AvgIpc) is 2.74. The molecule has 31 heavy (non-hydrogen) atoms. The Morgan fingerprint density at radius 3 is 2.39 bits per heavy atom. The highest BCUT2D eigenvalue weighted by atomic mass is 35.5. The van der Waals surface area contributed by atoms with E-state index in [0.717, 1.165) is 11.6 Å². The Balaban J connectivity index is 1.93. The summed E-state index contributed by atoms with van der Waals surface area (Å²) in [5, 5.41) is 12.6. The molecule has 0 saturated carbocycles. The van der Waals surface area contributed by atoms with E-state index in [2.05, 4.69) is 5.32 Å². The van der Waals surface area contributed by atoms with Crippen molar-refractivity contribution in [3.63, 3.8) is 0 Å². The predicted octanol–water partition coefficient (Wildman–Crippen LogP) is 6.33. The minimum atomic E-state index is -1.08. The molecule has 3 aromatic rings. The van der Waals surface area contributed by atoms with Crippen LogP contribution in [-0.4, -0.2) is 11.4 Å². The number of nitrogens with one attached hydrogen (secondary N) is 1. The van der Waals surface area contributed by atoms with Crippen molar-refractivity contribution >= 4 is 29.1 Å². The summed E-state index contributed by atoms with van der Waals surface area (Å²) in [6.07, 6.45) is -0.697. The van der Waals surface area contributed by atoms with E-state index >= 15 is 0 Å². The van der Waals surface area contributed by atoms with Gasteiger partial charge in [0.1, 0.15) is 5.54 Å². The molecule has 158 valence electrons. The van der Waals surface area contributed by atoms with Crippen LogP contribution < -0.4 is 10.1 Å². The van der Waals surface area contributed by atoms with Gasteiger partial charge in [0.2, 0.25) is 0 Å². The van der Waals surface area contributed by atoms with E-state index in [0.29, 0.717) is 15.6 Å². The number of nitriles is 1. The fourth-order valence-corrected chi connectivity index (χ4v) is 3.25. The minimum Gasteiger partial charge on any atom is -0.478 e. The zero-order valence-corrected chi connectivity index (χ0v) is 18.3. The van der Waals surface area contributed by atoms with Crippen molar-refractivity contribution in [1.29, 1.82) is 5.26 Å². The van der Waals surface area contributed by atoms with Gasteiger partial charge in [-0.15, -0.1) is 0 Å². The second-order valence-corrected chi connectivity index (χ2v) is 8.25. The smallest absolute Gasteiger partial charge is 0.252 e. The van der Waals surface area contributed by atoms with Crippen LogP contribution in [0.5, 0.6) is 5.75 Å². The number of amides is 1. The van der Waals surface area contributed by atoms with Gasteiger partial charge in [-0.2, -0.15) is 5.26 Å². The van der Waals surface area contributed by atoms with Crippen molar-refractivity contribution in [1.82, 2.24) is 5.32 Å². The lowest BCUT2D eigenvalue weighted by atomic mass is 10.0. The standard InChI is InChI=1S/C24H19Cl2FN2O2/c1-24(2,14-28)29-23(30)16-9-12-21(20(27)13-16)31-22(15-7-10-17(25)11-8-15)18-5-3-4-6-19(18)26/h3-13,22H,1-2H3,(H,29,30). The lowest BCUT2D eigenvalue weighted by molar-refractivity contribution is 0.0928. The summed E-state index contributed by atoms with van der Waals surface area (Å²) in [7, 11) is 0. The van der Waals surface area contributed by atoms with Gasteiger partial charge in [0, 0.05) is 21.2 Å². The molecule has 3 aromatic carbocycles. The molecule has 0 aliphatic heterocycles. The quantitative estimate of drug-likeness (QED) is 0.470. The molecule has 0 aromatic heterocycles. The maximum atomic E-state index is 14.9. The highest BCUT2D eigenvalue weighted by Crippen LogP contribution is 2.34. The molecular weight excluding hydrogens is 438 g/mol. The van der Waals surface area contributed by atoms with Gasteiger partial charge in [-0.3, -0.25) is 4.79 Å². The van der Waals surface area contributed by atoms with Crippen LogP contribution in [-0.2, 0) is 0 Å². The number of ether oxygens (including phenoxy) is 1. The lowest BCUT2D eigenvalue weighted by Gasteiger charge is -2.22. The highest BCUT2D eigenvalue weighted by molar-refractivity contribution is 6.31. The van der Waals surface area contributed by atoms with Crippen molar-refractivity contribution in [2.24, 2.45) is 0 Å². The molecular formula is C24H19Cl2FN2O2. The first kappa shape index (κ1) is 22.6. The molecule has 0 spiro atoms. The van der Waals surface area contributed by atoms with E-state index in [-0.39, 0.29) is 11.3 Å². The van der Waals surface area contributed by atoms with Crippen molar-refractivity contribution in [3.8, 4) is 11.8 Å². The molecule has 0 aliphatic carbocycles. The Bertz CT molecular complexity index is 1140. The van der Waals surface area contributed by atoms with E-state index < -0.39 is 23.4 Å². The monoisotopic (exact) mass is 456 g/mol. The number of rotatable bonds is 6. The van der Waals surface area contributed by atoms with E-state index in [1.54, 1.807) is 56.3 Å². The van der Waals surface area contributed by atoms with Crippen molar-refractivity contribution < 1.29 is 13.9 Å².